The number of benzene rings is 2. The Morgan fingerprint density at radius 1 is 1.14 bits per heavy atom. The van der Waals surface area contributed by atoms with Crippen molar-refractivity contribution in [2.24, 2.45) is 0 Å². The van der Waals surface area contributed by atoms with Gasteiger partial charge in [0.1, 0.15) is 5.75 Å². The van der Waals surface area contributed by atoms with E-state index in [2.05, 4.69) is 31.9 Å². The Kier molecular flexibility index (Phi) is 5.08. The predicted octanol–water partition coefficient (Wildman–Crippen LogP) is 4.38. The number of carbonyl (C=O) groups is 1. The zero-order valence-electron chi connectivity index (χ0n) is 10.6. The second-order valence-electron chi connectivity index (χ2n) is 4.09. The van der Waals surface area contributed by atoms with Crippen molar-refractivity contribution in [1.29, 1.82) is 0 Å². The fourth-order valence-corrected chi connectivity index (χ4v) is 2.20. The molecule has 0 unspecified atom stereocenters. The monoisotopic (exact) mass is 413 g/mol. The maximum absolute atomic E-state index is 12.0. The summed E-state index contributed by atoms with van der Waals surface area (Å²) in [6.45, 7) is -0.193. The molecule has 0 N–H and O–H groups in total. The lowest BCUT2D eigenvalue weighted by molar-refractivity contribution is -0.384. The molecule has 0 amide bonds. The Morgan fingerprint density at radius 2 is 1.81 bits per heavy atom. The van der Waals surface area contributed by atoms with Gasteiger partial charge in [0.2, 0.25) is 0 Å². The van der Waals surface area contributed by atoms with Gasteiger partial charge in [0.05, 0.1) is 15.5 Å². The lowest BCUT2D eigenvalue weighted by Gasteiger charge is -2.07. The van der Waals surface area contributed by atoms with Crippen molar-refractivity contribution in [1.82, 2.24) is 0 Å². The number of carbonyl (C=O) groups excluding carboxylic acids is 1. The minimum atomic E-state index is -0.518. The highest BCUT2D eigenvalue weighted by Crippen LogP contribution is 2.29. The topological polar surface area (TPSA) is 69.4 Å². The summed E-state index contributed by atoms with van der Waals surface area (Å²) in [4.78, 5) is 22.2. The van der Waals surface area contributed by atoms with Crippen molar-refractivity contribution < 1.29 is 14.5 Å². The smallest absolute Gasteiger partial charge is 0.273 e. The molecule has 0 bridgehead atoms. The molecule has 0 aliphatic carbocycles. The maximum atomic E-state index is 12.0. The standard InChI is InChI=1S/C14H9Br2NO4/c15-10-3-1-9(2-4-10)13(18)8-21-14-7-11(17(19)20)5-6-12(14)16/h1-7H,8H2. The van der Waals surface area contributed by atoms with Gasteiger partial charge in [-0.05, 0) is 34.1 Å². The van der Waals surface area contributed by atoms with Crippen molar-refractivity contribution in [3.05, 3.63) is 67.1 Å². The number of Topliss-reactive ketones (excluding diaryl/α,β-unsaturated/α-hetero) is 1. The molecule has 108 valence electrons. The summed E-state index contributed by atoms with van der Waals surface area (Å²) in [5.41, 5.74) is 0.420. The van der Waals surface area contributed by atoms with E-state index in [0.717, 1.165) is 4.47 Å². The Balaban J connectivity index is 2.09. The summed E-state index contributed by atoms with van der Waals surface area (Å²) in [6, 6.07) is 11.0. The Morgan fingerprint density at radius 3 is 2.43 bits per heavy atom. The summed E-state index contributed by atoms with van der Waals surface area (Å²) in [6.07, 6.45) is 0. The number of hydrogen-bond donors (Lipinski definition) is 0. The van der Waals surface area contributed by atoms with Crippen LogP contribution in [-0.4, -0.2) is 17.3 Å². The van der Waals surface area contributed by atoms with Gasteiger partial charge in [-0.1, -0.05) is 28.1 Å². The average molecular weight is 415 g/mol. The van der Waals surface area contributed by atoms with Gasteiger partial charge in [-0.15, -0.1) is 0 Å². The zero-order valence-corrected chi connectivity index (χ0v) is 13.8. The molecule has 0 spiro atoms. The maximum Gasteiger partial charge on any atom is 0.273 e. The molecular weight excluding hydrogens is 406 g/mol. The van der Waals surface area contributed by atoms with Crippen molar-refractivity contribution in [3.63, 3.8) is 0 Å². The SMILES string of the molecule is O=C(COc1cc([N+](=O)[O-])ccc1Br)c1ccc(Br)cc1. The molecule has 0 fully saturated rings. The second kappa shape index (κ2) is 6.82. The first-order valence-corrected chi connectivity index (χ1v) is 7.41. The minimum absolute atomic E-state index is 0.0932. The van der Waals surface area contributed by atoms with Crippen LogP contribution in [-0.2, 0) is 0 Å². The van der Waals surface area contributed by atoms with Crippen molar-refractivity contribution in [2.45, 2.75) is 0 Å². The molecule has 2 rings (SSSR count). The van der Waals surface area contributed by atoms with E-state index in [1.54, 1.807) is 24.3 Å². The van der Waals surface area contributed by atoms with E-state index in [-0.39, 0.29) is 23.8 Å². The molecule has 0 radical (unpaired) electrons. The third kappa shape index (κ3) is 4.12. The van der Waals surface area contributed by atoms with Crippen molar-refractivity contribution in [3.8, 4) is 5.75 Å². The molecule has 7 heteroatoms. The van der Waals surface area contributed by atoms with Crippen LogP contribution in [0.5, 0.6) is 5.75 Å². The molecule has 0 saturated carbocycles. The molecule has 2 aromatic rings. The van der Waals surface area contributed by atoms with Crippen LogP contribution in [0.1, 0.15) is 10.4 Å². The molecule has 0 atom stereocenters. The van der Waals surface area contributed by atoms with E-state index >= 15 is 0 Å². The summed E-state index contributed by atoms with van der Waals surface area (Å²) < 4.78 is 6.79. The quantitative estimate of drug-likeness (QED) is 0.413. The molecule has 21 heavy (non-hydrogen) atoms. The van der Waals surface area contributed by atoms with E-state index < -0.39 is 4.92 Å². The third-order valence-electron chi connectivity index (χ3n) is 2.65. The average Bonchev–Trinajstić information content (AvgIpc) is 2.46. The van der Waals surface area contributed by atoms with Crippen molar-refractivity contribution >= 4 is 43.3 Å². The van der Waals surface area contributed by atoms with Gasteiger partial charge < -0.3 is 4.74 Å². The number of nitro groups is 1. The molecule has 0 aromatic heterocycles. The van der Waals surface area contributed by atoms with Crippen LogP contribution in [0.25, 0.3) is 0 Å². The van der Waals surface area contributed by atoms with E-state index in [1.165, 1.54) is 18.2 Å². The van der Waals surface area contributed by atoms with E-state index in [1.807, 2.05) is 0 Å². The Labute approximate surface area is 137 Å². The first kappa shape index (κ1) is 15.7. The number of nitrogens with zero attached hydrogens (tertiary/aromatic N) is 1. The highest BCUT2D eigenvalue weighted by atomic mass is 79.9. The number of rotatable bonds is 5. The molecule has 5 nitrogen and oxygen atoms in total. The van der Waals surface area contributed by atoms with Gasteiger partial charge >= 0.3 is 0 Å². The van der Waals surface area contributed by atoms with Crippen LogP contribution >= 0.6 is 31.9 Å². The molecule has 0 aliphatic heterocycles. The Hall–Kier alpha value is -1.73. The normalized spacial score (nSPS) is 10.2. The van der Waals surface area contributed by atoms with Gasteiger partial charge in [-0.2, -0.15) is 0 Å². The number of ketones is 1. The second-order valence-corrected chi connectivity index (χ2v) is 5.86. The number of nitro benzene ring substituents is 1. The minimum Gasteiger partial charge on any atom is -0.484 e. The molecule has 0 saturated heterocycles. The number of non-ortho nitro benzene ring substituents is 1. The van der Waals surface area contributed by atoms with E-state index in [4.69, 9.17) is 4.74 Å². The fraction of sp³-hybridized carbons (Fsp3) is 0.0714. The predicted molar refractivity (Wildman–Crippen MR) is 84.8 cm³/mol. The fourth-order valence-electron chi connectivity index (χ4n) is 1.58. The third-order valence-corrected chi connectivity index (χ3v) is 3.83. The first-order valence-electron chi connectivity index (χ1n) is 5.83. The molecule has 0 aliphatic rings. The lowest BCUT2D eigenvalue weighted by Crippen LogP contribution is -2.11. The van der Waals surface area contributed by atoms with Gasteiger partial charge in [0.15, 0.2) is 12.4 Å². The van der Waals surface area contributed by atoms with Crippen LogP contribution in [0.15, 0.2) is 51.4 Å². The highest BCUT2D eigenvalue weighted by molar-refractivity contribution is 9.10. The van der Waals surface area contributed by atoms with Crippen LogP contribution in [0.4, 0.5) is 5.69 Å². The van der Waals surface area contributed by atoms with Gasteiger partial charge in [-0.25, -0.2) is 0 Å². The van der Waals surface area contributed by atoms with Crippen LogP contribution < -0.4 is 4.74 Å². The van der Waals surface area contributed by atoms with Gasteiger partial charge in [0.25, 0.3) is 5.69 Å². The molecular formula is C14H9Br2NO4. The van der Waals surface area contributed by atoms with Crippen LogP contribution in [0.3, 0.4) is 0 Å². The summed E-state index contributed by atoms with van der Waals surface area (Å²) >= 11 is 6.52. The highest BCUT2D eigenvalue weighted by Gasteiger charge is 2.12. The number of hydrogen-bond acceptors (Lipinski definition) is 4. The van der Waals surface area contributed by atoms with Gasteiger partial charge in [0, 0.05) is 16.1 Å². The van der Waals surface area contributed by atoms with Crippen molar-refractivity contribution in [2.75, 3.05) is 6.61 Å². The lowest BCUT2D eigenvalue weighted by atomic mass is 10.1. The summed E-state index contributed by atoms with van der Waals surface area (Å²) in [5, 5.41) is 10.7. The number of ether oxygens (including phenoxy) is 1. The first-order chi connectivity index (χ1) is 9.97. The summed E-state index contributed by atoms with van der Waals surface area (Å²) in [7, 11) is 0. The molecule has 2 aromatic carbocycles. The summed E-state index contributed by atoms with van der Waals surface area (Å²) in [5.74, 6) is 0.0515. The molecule has 0 heterocycles. The van der Waals surface area contributed by atoms with E-state index in [0.29, 0.717) is 10.0 Å². The zero-order chi connectivity index (χ0) is 15.4. The number of halogens is 2. The largest absolute Gasteiger partial charge is 0.484 e. The van der Waals surface area contributed by atoms with E-state index in [9.17, 15) is 14.9 Å². The van der Waals surface area contributed by atoms with Gasteiger partial charge in [-0.3, -0.25) is 14.9 Å². The Bertz CT molecular complexity index is 686. The van der Waals surface area contributed by atoms with Crippen LogP contribution in [0, 0.1) is 10.1 Å². The van der Waals surface area contributed by atoms with Crippen LogP contribution in [0.2, 0.25) is 0 Å².